The summed E-state index contributed by atoms with van der Waals surface area (Å²) in [7, 11) is 0. The Morgan fingerprint density at radius 3 is 2.50 bits per heavy atom. The van der Waals surface area contributed by atoms with Gasteiger partial charge in [0.15, 0.2) is 0 Å². The average Bonchev–Trinajstić information content (AvgIpc) is 2.71. The summed E-state index contributed by atoms with van der Waals surface area (Å²) >= 11 is 0. The first-order valence-corrected chi connectivity index (χ1v) is 6.57. The van der Waals surface area contributed by atoms with Crippen LogP contribution in [-0.4, -0.2) is 16.3 Å². The number of aromatic nitrogens is 2. The van der Waals surface area contributed by atoms with Crippen LogP contribution in [0.3, 0.4) is 0 Å². The standard InChI is InChI=1S/C13H25N3/c1-3-12-11-13(4-2)16(15-12)10-8-6-5-7-9-14/h11H,3-10,14H2,1-2H3. The van der Waals surface area contributed by atoms with Gasteiger partial charge in [0, 0.05) is 12.2 Å². The Balaban J connectivity index is 2.37. The van der Waals surface area contributed by atoms with Crippen LogP contribution in [0.25, 0.3) is 0 Å². The molecular formula is C13H25N3. The average molecular weight is 223 g/mol. The highest BCUT2D eigenvalue weighted by atomic mass is 15.3. The quantitative estimate of drug-likeness (QED) is 0.688. The summed E-state index contributed by atoms with van der Waals surface area (Å²) in [6.07, 6.45) is 7.00. The van der Waals surface area contributed by atoms with Crippen molar-refractivity contribution in [2.24, 2.45) is 5.73 Å². The number of hydrogen-bond donors (Lipinski definition) is 1. The number of aryl methyl sites for hydroxylation is 3. The molecular weight excluding hydrogens is 198 g/mol. The lowest BCUT2D eigenvalue weighted by Gasteiger charge is -2.05. The zero-order valence-electron chi connectivity index (χ0n) is 10.7. The van der Waals surface area contributed by atoms with Crippen molar-refractivity contribution >= 4 is 0 Å². The van der Waals surface area contributed by atoms with Gasteiger partial charge in [-0.2, -0.15) is 5.10 Å². The van der Waals surface area contributed by atoms with Crippen molar-refractivity contribution in [2.75, 3.05) is 6.54 Å². The fraction of sp³-hybridized carbons (Fsp3) is 0.769. The van der Waals surface area contributed by atoms with Crippen LogP contribution in [0.15, 0.2) is 6.07 Å². The summed E-state index contributed by atoms with van der Waals surface area (Å²) in [6.45, 7) is 6.24. The predicted molar refractivity (Wildman–Crippen MR) is 68.5 cm³/mol. The molecule has 92 valence electrons. The van der Waals surface area contributed by atoms with Crippen molar-refractivity contribution < 1.29 is 0 Å². The first-order valence-electron chi connectivity index (χ1n) is 6.57. The second kappa shape index (κ2) is 7.44. The Morgan fingerprint density at radius 1 is 1.12 bits per heavy atom. The second-order valence-corrected chi connectivity index (χ2v) is 4.26. The van der Waals surface area contributed by atoms with Gasteiger partial charge in [0.25, 0.3) is 0 Å². The normalized spacial score (nSPS) is 10.9. The highest BCUT2D eigenvalue weighted by molar-refractivity contribution is 5.10. The molecule has 0 unspecified atom stereocenters. The topological polar surface area (TPSA) is 43.8 Å². The number of nitrogens with two attached hydrogens (primary N) is 1. The van der Waals surface area contributed by atoms with Crippen molar-refractivity contribution in [1.82, 2.24) is 9.78 Å². The Morgan fingerprint density at radius 2 is 1.88 bits per heavy atom. The first kappa shape index (κ1) is 13.2. The number of hydrogen-bond acceptors (Lipinski definition) is 2. The minimum absolute atomic E-state index is 0.821. The van der Waals surface area contributed by atoms with Gasteiger partial charge in [-0.3, -0.25) is 4.68 Å². The molecule has 0 aliphatic carbocycles. The molecule has 0 bridgehead atoms. The van der Waals surface area contributed by atoms with E-state index in [-0.39, 0.29) is 0 Å². The summed E-state index contributed by atoms with van der Waals surface area (Å²) in [5, 5.41) is 4.61. The van der Waals surface area contributed by atoms with Crippen LogP contribution >= 0.6 is 0 Å². The van der Waals surface area contributed by atoms with Crippen molar-refractivity contribution in [3.05, 3.63) is 17.5 Å². The van der Waals surface area contributed by atoms with Gasteiger partial charge in [0.2, 0.25) is 0 Å². The minimum Gasteiger partial charge on any atom is -0.330 e. The number of nitrogens with zero attached hydrogens (tertiary/aromatic N) is 2. The summed E-state index contributed by atoms with van der Waals surface area (Å²) in [5.74, 6) is 0. The maximum atomic E-state index is 5.47. The third-order valence-electron chi connectivity index (χ3n) is 2.96. The van der Waals surface area contributed by atoms with Crippen LogP contribution in [0.5, 0.6) is 0 Å². The van der Waals surface area contributed by atoms with Gasteiger partial charge in [-0.15, -0.1) is 0 Å². The fourth-order valence-electron chi connectivity index (χ4n) is 1.93. The molecule has 1 aromatic heterocycles. The molecule has 0 spiro atoms. The van der Waals surface area contributed by atoms with Crippen LogP contribution in [0.1, 0.15) is 50.9 Å². The molecule has 0 radical (unpaired) electrons. The Kier molecular flexibility index (Phi) is 6.16. The van der Waals surface area contributed by atoms with Crippen LogP contribution in [0.4, 0.5) is 0 Å². The highest BCUT2D eigenvalue weighted by Crippen LogP contribution is 2.09. The van der Waals surface area contributed by atoms with E-state index in [1.807, 2.05) is 0 Å². The Hall–Kier alpha value is -0.830. The Bertz CT molecular complexity index is 291. The van der Waals surface area contributed by atoms with Gasteiger partial charge in [0.05, 0.1) is 5.69 Å². The number of unbranched alkanes of at least 4 members (excludes halogenated alkanes) is 3. The molecule has 0 amide bonds. The molecule has 1 aromatic rings. The molecule has 1 heterocycles. The van der Waals surface area contributed by atoms with Gasteiger partial charge in [0.1, 0.15) is 0 Å². The SMILES string of the molecule is CCc1cc(CC)n(CCCCCCN)n1. The summed E-state index contributed by atoms with van der Waals surface area (Å²) in [4.78, 5) is 0. The molecule has 0 saturated heterocycles. The van der Waals surface area contributed by atoms with E-state index in [0.717, 1.165) is 32.4 Å². The molecule has 0 aromatic carbocycles. The van der Waals surface area contributed by atoms with Gasteiger partial charge in [-0.05, 0) is 38.3 Å². The molecule has 0 atom stereocenters. The summed E-state index contributed by atoms with van der Waals surface area (Å²) in [5.41, 5.74) is 8.06. The van der Waals surface area contributed by atoms with Crippen LogP contribution < -0.4 is 5.73 Å². The van der Waals surface area contributed by atoms with E-state index in [0.29, 0.717) is 0 Å². The summed E-state index contributed by atoms with van der Waals surface area (Å²) in [6, 6.07) is 2.24. The van der Waals surface area contributed by atoms with Gasteiger partial charge in [-0.1, -0.05) is 26.7 Å². The minimum atomic E-state index is 0.821. The lowest BCUT2D eigenvalue weighted by Crippen LogP contribution is -2.05. The maximum Gasteiger partial charge on any atom is 0.0624 e. The molecule has 3 heteroatoms. The van der Waals surface area contributed by atoms with E-state index < -0.39 is 0 Å². The number of rotatable bonds is 8. The maximum absolute atomic E-state index is 5.47. The lowest BCUT2D eigenvalue weighted by atomic mass is 10.2. The summed E-state index contributed by atoms with van der Waals surface area (Å²) < 4.78 is 2.18. The van der Waals surface area contributed by atoms with Crippen molar-refractivity contribution in [2.45, 2.75) is 58.9 Å². The molecule has 0 aliphatic rings. The van der Waals surface area contributed by atoms with Crippen molar-refractivity contribution in [1.29, 1.82) is 0 Å². The first-order chi connectivity index (χ1) is 7.81. The van der Waals surface area contributed by atoms with Crippen LogP contribution in [-0.2, 0) is 19.4 Å². The zero-order chi connectivity index (χ0) is 11.8. The van der Waals surface area contributed by atoms with Gasteiger partial charge in [-0.25, -0.2) is 0 Å². The van der Waals surface area contributed by atoms with Crippen LogP contribution in [0.2, 0.25) is 0 Å². The third-order valence-corrected chi connectivity index (χ3v) is 2.96. The second-order valence-electron chi connectivity index (χ2n) is 4.26. The zero-order valence-corrected chi connectivity index (χ0v) is 10.7. The fourth-order valence-corrected chi connectivity index (χ4v) is 1.93. The van der Waals surface area contributed by atoms with Crippen LogP contribution in [0, 0.1) is 0 Å². The largest absolute Gasteiger partial charge is 0.330 e. The monoisotopic (exact) mass is 223 g/mol. The van der Waals surface area contributed by atoms with Crippen molar-refractivity contribution in [3.8, 4) is 0 Å². The predicted octanol–water partition coefficient (Wildman–Crippen LogP) is 2.53. The highest BCUT2D eigenvalue weighted by Gasteiger charge is 2.04. The van der Waals surface area contributed by atoms with E-state index in [1.54, 1.807) is 0 Å². The van der Waals surface area contributed by atoms with E-state index in [9.17, 15) is 0 Å². The molecule has 16 heavy (non-hydrogen) atoms. The third kappa shape index (κ3) is 3.97. The molecule has 1 rings (SSSR count). The molecule has 0 fully saturated rings. The van der Waals surface area contributed by atoms with Gasteiger partial charge >= 0.3 is 0 Å². The molecule has 2 N–H and O–H groups in total. The lowest BCUT2D eigenvalue weighted by molar-refractivity contribution is 0.519. The van der Waals surface area contributed by atoms with E-state index >= 15 is 0 Å². The van der Waals surface area contributed by atoms with Gasteiger partial charge < -0.3 is 5.73 Å². The molecule has 0 aliphatic heterocycles. The van der Waals surface area contributed by atoms with E-state index in [4.69, 9.17) is 5.73 Å². The van der Waals surface area contributed by atoms with E-state index in [2.05, 4.69) is 29.7 Å². The molecule has 0 saturated carbocycles. The van der Waals surface area contributed by atoms with E-state index in [1.165, 1.54) is 30.7 Å². The molecule has 3 nitrogen and oxygen atoms in total. The smallest absolute Gasteiger partial charge is 0.0624 e. The van der Waals surface area contributed by atoms with Crippen molar-refractivity contribution in [3.63, 3.8) is 0 Å². The Labute approximate surface area is 99.0 Å².